The Morgan fingerprint density at radius 2 is 1.90 bits per heavy atom. The summed E-state index contributed by atoms with van der Waals surface area (Å²) in [7, 11) is 0. The lowest BCUT2D eigenvalue weighted by atomic mass is 9.89. The highest BCUT2D eigenvalue weighted by Gasteiger charge is 2.26. The molecule has 1 aliphatic heterocycles. The molecule has 0 aliphatic carbocycles. The molecule has 3 rings (SSSR count). The molecule has 1 aromatic heterocycles. The number of fused-ring (bicyclic) bond motifs is 1. The van der Waals surface area contributed by atoms with Crippen LogP contribution in [0.2, 0.25) is 0 Å². The minimum absolute atomic E-state index is 0.0761. The van der Waals surface area contributed by atoms with Gasteiger partial charge in [-0.15, -0.1) is 0 Å². The number of hydrogen-bond donors (Lipinski definition) is 1. The van der Waals surface area contributed by atoms with Crippen molar-refractivity contribution in [2.45, 2.75) is 51.4 Å². The molecule has 2 atom stereocenters. The van der Waals surface area contributed by atoms with E-state index in [0.29, 0.717) is 18.1 Å². The molecule has 106 valence electrons. The molecule has 20 heavy (non-hydrogen) atoms. The van der Waals surface area contributed by atoms with Gasteiger partial charge in [-0.2, -0.15) is 0 Å². The van der Waals surface area contributed by atoms with E-state index in [1.54, 1.807) is 0 Å². The van der Waals surface area contributed by atoms with Crippen LogP contribution in [0.4, 0.5) is 0 Å². The summed E-state index contributed by atoms with van der Waals surface area (Å²) in [4.78, 5) is 4.81. The van der Waals surface area contributed by atoms with Crippen molar-refractivity contribution in [1.29, 1.82) is 0 Å². The highest BCUT2D eigenvalue weighted by molar-refractivity contribution is 5.79. The number of aromatic nitrogens is 1. The van der Waals surface area contributed by atoms with Gasteiger partial charge in [-0.25, -0.2) is 0 Å². The third-order valence-corrected chi connectivity index (χ3v) is 4.07. The summed E-state index contributed by atoms with van der Waals surface area (Å²) in [5.74, 6) is 0.482. The first kappa shape index (κ1) is 13.5. The fourth-order valence-corrected chi connectivity index (χ4v) is 3.16. The Bertz CT molecular complexity index is 601. The van der Waals surface area contributed by atoms with Gasteiger partial charge >= 0.3 is 0 Å². The standard InChI is InChI=1S/C17H21NO2/c1-11-7-15(8-12(2)20-11)17-6-4-14-9-13(10-19)3-5-16(14)18-17/h3-6,9,11-12,15,19H,7-8,10H2,1-2H3. The number of benzene rings is 1. The predicted octanol–water partition coefficient (Wildman–Crippen LogP) is 3.40. The molecule has 1 aromatic carbocycles. The molecule has 3 nitrogen and oxygen atoms in total. The quantitative estimate of drug-likeness (QED) is 0.910. The molecule has 1 N–H and O–H groups in total. The molecule has 1 fully saturated rings. The molecule has 0 radical (unpaired) electrons. The normalized spacial score (nSPS) is 26.9. The van der Waals surface area contributed by atoms with Crippen LogP contribution in [0.5, 0.6) is 0 Å². The Kier molecular flexibility index (Phi) is 3.72. The summed E-state index contributed by atoms with van der Waals surface area (Å²) < 4.78 is 5.80. The molecule has 2 unspecified atom stereocenters. The molecular weight excluding hydrogens is 250 g/mol. The third-order valence-electron chi connectivity index (χ3n) is 4.07. The van der Waals surface area contributed by atoms with Crippen LogP contribution >= 0.6 is 0 Å². The van der Waals surface area contributed by atoms with Gasteiger partial charge in [0.15, 0.2) is 0 Å². The summed E-state index contributed by atoms with van der Waals surface area (Å²) in [5, 5.41) is 10.3. The molecule has 0 bridgehead atoms. The van der Waals surface area contributed by atoms with E-state index in [4.69, 9.17) is 9.72 Å². The van der Waals surface area contributed by atoms with Gasteiger partial charge in [-0.05, 0) is 50.5 Å². The van der Waals surface area contributed by atoms with E-state index in [1.807, 2.05) is 18.2 Å². The van der Waals surface area contributed by atoms with Crippen LogP contribution in [-0.2, 0) is 11.3 Å². The van der Waals surface area contributed by atoms with Gasteiger partial charge in [-0.1, -0.05) is 12.1 Å². The molecule has 1 aliphatic rings. The minimum atomic E-state index is 0.0761. The van der Waals surface area contributed by atoms with Gasteiger partial charge in [0.25, 0.3) is 0 Å². The zero-order valence-corrected chi connectivity index (χ0v) is 12.0. The van der Waals surface area contributed by atoms with Crippen LogP contribution in [0.1, 0.15) is 43.9 Å². The molecule has 0 spiro atoms. The Labute approximate surface area is 119 Å². The molecule has 0 amide bonds. The van der Waals surface area contributed by atoms with Crippen LogP contribution in [0.15, 0.2) is 30.3 Å². The van der Waals surface area contributed by atoms with Crippen LogP contribution in [-0.4, -0.2) is 22.3 Å². The number of pyridine rings is 1. The van der Waals surface area contributed by atoms with Gasteiger partial charge in [0.2, 0.25) is 0 Å². The van der Waals surface area contributed by atoms with Crippen molar-refractivity contribution in [2.24, 2.45) is 0 Å². The number of nitrogens with zero attached hydrogens (tertiary/aromatic N) is 1. The predicted molar refractivity (Wildman–Crippen MR) is 79.6 cm³/mol. The number of rotatable bonds is 2. The summed E-state index contributed by atoms with van der Waals surface area (Å²) >= 11 is 0. The molecule has 2 aromatic rings. The topological polar surface area (TPSA) is 42.4 Å². The summed E-state index contributed by atoms with van der Waals surface area (Å²) in [6.07, 6.45) is 2.69. The highest BCUT2D eigenvalue weighted by atomic mass is 16.5. The van der Waals surface area contributed by atoms with Crippen LogP contribution in [0, 0.1) is 0 Å². The average molecular weight is 271 g/mol. The third kappa shape index (κ3) is 2.69. The minimum Gasteiger partial charge on any atom is -0.392 e. The second-order valence-corrected chi connectivity index (χ2v) is 5.85. The van der Waals surface area contributed by atoms with Crippen molar-refractivity contribution in [3.63, 3.8) is 0 Å². The maximum Gasteiger partial charge on any atom is 0.0705 e. The highest BCUT2D eigenvalue weighted by Crippen LogP contribution is 2.33. The first-order valence-electron chi connectivity index (χ1n) is 7.31. The fraction of sp³-hybridized carbons (Fsp3) is 0.471. The first-order valence-corrected chi connectivity index (χ1v) is 7.31. The Hall–Kier alpha value is -1.45. The zero-order chi connectivity index (χ0) is 14.1. The lowest BCUT2D eigenvalue weighted by molar-refractivity contribution is -0.0385. The molecule has 3 heteroatoms. The van der Waals surface area contributed by atoms with Crippen molar-refractivity contribution in [2.75, 3.05) is 0 Å². The summed E-state index contributed by atoms with van der Waals surface area (Å²) in [5.41, 5.74) is 3.10. The van der Waals surface area contributed by atoms with Crippen molar-refractivity contribution < 1.29 is 9.84 Å². The van der Waals surface area contributed by atoms with Crippen molar-refractivity contribution in [3.05, 3.63) is 41.6 Å². The maximum absolute atomic E-state index is 9.18. The fourth-order valence-electron chi connectivity index (χ4n) is 3.16. The Morgan fingerprint density at radius 1 is 1.15 bits per heavy atom. The van der Waals surface area contributed by atoms with Gasteiger partial charge in [0, 0.05) is 17.0 Å². The maximum atomic E-state index is 9.18. The molecular formula is C17H21NO2. The van der Waals surface area contributed by atoms with E-state index < -0.39 is 0 Å². The SMILES string of the molecule is CC1CC(c2ccc3cc(CO)ccc3n2)CC(C)O1. The largest absolute Gasteiger partial charge is 0.392 e. The van der Waals surface area contributed by atoms with E-state index in [2.05, 4.69) is 26.0 Å². The van der Waals surface area contributed by atoms with Gasteiger partial charge in [0.05, 0.1) is 24.3 Å². The number of aliphatic hydroxyl groups is 1. The van der Waals surface area contributed by atoms with Crippen LogP contribution in [0.3, 0.4) is 0 Å². The second-order valence-electron chi connectivity index (χ2n) is 5.85. The number of hydrogen-bond acceptors (Lipinski definition) is 3. The first-order chi connectivity index (χ1) is 9.65. The van der Waals surface area contributed by atoms with Crippen LogP contribution in [0.25, 0.3) is 10.9 Å². The van der Waals surface area contributed by atoms with Crippen molar-refractivity contribution >= 4 is 10.9 Å². The van der Waals surface area contributed by atoms with Crippen LogP contribution < -0.4 is 0 Å². The van der Waals surface area contributed by atoms with Gasteiger partial charge in [-0.3, -0.25) is 4.98 Å². The van der Waals surface area contributed by atoms with Crippen molar-refractivity contribution in [3.8, 4) is 0 Å². The lowest BCUT2D eigenvalue weighted by Crippen LogP contribution is -2.28. The number of aliphatic hydroxyl groups excluding tert-OH is 1. The summed E-state index contributed by atoms with van der Waals surface area (Å²) in [6, 6.07) is 10.2. The van der Waals surface area contributed by atoms with Crippen molar-refractivity contribution in [1.82, 2.24) is 4.98 Å². The smallest absolute Gasteiger partial charge is 0.0705 e. The lowest BCUT2D eigenvalue weighted by Gasteiger charge is -2.31. The molecule has 1 saturated heterocycles. The van der Waals surface area contributed by atoms with E-state index in [-0.39, 0.29) is 6.61 Å². The van der Waals surface area contributed by atoms with E-state index in [0.717, 1.165) is 35.0 Å². The Balaban J connectivity index is 1.92. The monoisotopic (exact) mass is 271 g/mol. The van der Waals surface area contributed by atoms with E-state index in [1.165, 1.54) is 0 Å². The molecule has 2 heterocycles. The molecule has 0 saturated carbocycles. The number of ether oxygens (including phenoxy) is 1. The Morgan fingerprint density at radius 3 is 2.60 bits per heavy atom. The van der Waals surface area contributed by atoms with E-state index >= 15 is 0 Å². The summed E-state index contributed by atoms with van der Waals surface area (Å²) in [6.45, 7) is 4.35. The van der Waals surface area contributed by atoms with E-state index in [9.17, 15) is 5.11 Å². The average Bonchev–Trinajstić information content (AvgIpc) is 2.45. The zero-order valence-electron chi connectivity index (χ0n) is 12.0. The van der Waals surface area contributed by atoms with Gasteiger partial charge in [0.1, 0.15) is 0 Å². The van der Waals surface area contributed by atoms with Gasteiger partial charge < -0.3 is 9.84 Å². The second kappa shape index (κ2) is 5.51.